The third kappa shape index (κ3) is 3.34. The second kappa shape index (κ2) is 8.04. The first kappa shape index (κ1) is 19.9. The van der Waals surface area contributed by atoms with E-state index in [4.69, 9.17) is 4.98 Å². The molecule has 4 aromatic heterocycles. The summed E-state index contributed by atoms with van der Waals surface area (Å²) in [4.78, 5) is 14.0. The minimum atomic E-state index is 0.862. The van der Waals surface area contributed by atoms with Crippen LogP contribution in [0, 0.1) is 0 Å². The number of para-hydroxylation sites is 1. The molecular formula is C29H17N5S. The van der Waals surface area contributed by atoms with Crippen molar-refractivity contribution in [3.63, 3.8) is 0 Å². The molecule has 0 amide bonds. The number of rotatable bonds is 3. The highest BCUT2D eigenvalue weighted by Crippen LogP contribution is 2.36. The Morgan fingerprint density at radius 2 is 1.34 bits per heavy atom. The van der Waals surface area contributed by atoms with Crippen LogP contribution >= 0.6 is 11.7 Å². The lowest BCUT2D eigenvalue weighted by molar-refractivity contribution is 1.25. The van der Waals surface area contributed by atoms with Crippen LogP contribution in [0.15, 0.2) is 103 Å². The summed E-state index contributed by atoms with van der Waals surface area (Å²) in [6.45, 7) is 0. The van der Waals surface area contributed by atoms with E-state index in [9.17, 15) is 0 Å². The number of hydrogen-bond acceptors (Lipinski definition) is 6. The van der Waals surface area contributed by atoms with Gasteiger partial charge in [0.2, 0.25) is 0 Å². The molecule has 0 spiro atoms. The molecule has 3 aromatic carbocycles. The lowest BCUT2D eigenvalue weighted by Gasteiger charge is -2.11. The van der Waals surface area contributed by atoms with E-state index in [2.05, 4.69) is 67.2 Å². The average Bonchev–Trinajstić information content (AvgIpc) is 3.42. The van der Waals surface area contributed by atoms with Gasteiger partial charge in [-0.05, 0) is 42.0 Å². The number of hydrogen-bond donors (Lipinski definition) is 0. The Bertz CT molecular complexity index is 1830. The van der Waals surface area contributed by atoms with Crippen LogP contribution in [0.25, 0.3) is 66.5 Å². The van der Waals surface area contributed by atoms with Gasteiger partial charge in [0.25, 0.3) is 0 Å². The summed E-state index contributed by atoms with van der Waals surface area (Å²) in [5.41, 5.74) is 8.70. The van der Waals surface area contributed by atoms with Crippen molar-refractivity contribution in [2.75, 3.05) is 0 Å². The van der Waals surface area contributed by atoms with Gasteiger partial charge in [-0.15, -0.1) is 0 Å². The molecule has 35 heavy (non-hydrogen) atoms. The van der Waals surface area contributed by atoms with E-state index < -0.39 is 0 Å². The SMILES string of the molecule is c1ccc(-c2ccc(-c3ccc(-c4nc5ccccc5c5c4ccc4nsnc45)cc3)cn2)nc1. The number of fused-ring (bicyclic) bond motifs is 5. The molecule has 0 fully saturated rings. The van der Waals surface area contributed by atoms with Crippen molar-refractivity contribution in [1.82, 2.24) is 23.7 Å². The molecule has 0 saturated carbocycles. The molecule has 0 atom stereocenters. The van der Waals surface area contributed by atoms with Crippen molar-refractivity contribution < 1.29 is 0 Å². The topological polar surface area (TPSA) is 64.5 Å². The molecule has 0 radical (unpaired) electrons. The maximum absolute atomic E-state index is 5.05. The average molecular weight is 468 g/mol. The van der Waals surface area contributed by atoms with E-state index in [1.807, 2.05) is 48.7 Å². The molecule has 5 nitrogen and oxygen atoms in total. The lowest BCUT2D eigenvalue weighted by Crippen LogP contribution is -1.91. The normalized spacial score (nSPS) is 11.4. The summed E-state index contributed by atoms with van der Waals surface area (Å²) in [5, 5.41) is 3.29. The van der Waals surface area contributed by atoms with Crippen molar-refractivity contribution >= 4 is 44.4 Å². The van der Waals surface area contributed by atoms with E-state index in [-0.39, 0.29) is 0 Å². The molecule has 7 aromatic rings. The first-order chi connectivity index (χ1) is 17.3. The molecule has 0 aliphatic heterocycles. The lowest BCUT2D eigenvalue weighted by atomic mass is 9.97. The van der Waals surface area contributed by atoms with Crippen LogP contribution in [-0.2, 0) is 0 Å². The van der Waals surface area contributed by atoms with Crippen molar-refractivity contribution in [2.45, 2.75) is 0 Å². The smallest absolute Gasteiger partial charge is 0.113 e. The van der Waals surface area contributed by atoms with Crippen LogP contribution in [0.1, 0.15) is 0 Å². The fourth-order valence-corrected chi connectivity index (χ4v) is 5.10. The minimum absolute atomic E-state index is 0.862. The molecule has 0 bridgehead atoms. The Labute approximate surface area is 205 Å². The fourth-order valence-electron chi connectivity index (χ4n) is 4.56. The van der Waals surface area contributed by atoms with Gasteiger partial charge in [-0.2, -0.15) is 8.75 Å². The standard InChI is InChI=1S/C29H17N5S/c1-2-6-23-21(5-1)27-22(13-15-26-29(27)34-35-33-26)28(32-23)19-10-8-18(9-11-19)20-12-14-25(31-17-20)24-7-3-4-16-30-24/h1-17H. The van der Waals surface area contributed by atoms with Crippen molar-refractivity contribution in [3.05, 3.63) is 103 Å². The maximum Gasteiger partial charge on any atom is 0.113 e. The van der Waals surface area contributed by atoms with Crippen LogP contribution in [0.5, 0.6) is 0 Å². The van der Waals surface area contributed by atoms with Gasteiger partial charge in [-0.25, -0.2) is 4.98 Å². The molecular weight excluding hydrogens is 450 g/mol. The third-order valence-corrected chi connectivity index (χ3v) is 6.81. The van der Waals surface area contributed by atoms with Crippen LogP contribution in [0.2, 0.25) is 0 Å². The van der Waals surface area contributed by atoms with Crippen LogP contribution in [0.4, 0.5) is 0 Å². The summed E-state index contributed by atoms with van der Waals surface area (Å²) >= 11 is 1.25. The number of nitrogens with zero attached hydrogens (tertiary/aromatic N) is 5. The molecule has 7 rings (SSSR count). The van der Waals surface area contributed by atoms with Gasteiger partial charge in [-0.3, -0.25) is 9.97 Å². The second-order valence-corrected chi connectivity index (χ2v) is 8.85. The molecule has 0 unspecified atom stereocenters. The molecule has 4 heterocycles. The number of pyridine rings is 3. The van der Waals surface area contributed by atoms with Crippen LogP contribution in [0.3, 0.4) is 0 Å². The summed E-state index contributed by atoms with van der Waals surface area (Å²) in [6.07, 6.45) is 3.68. The van der Waals surface area contributed by atoms with Gasteiger partial charge in [0, 0.05) is 39.7 Å². The Balaban J connectivity index is 1.33. The van der Waals surface area contributed by atoms with Gasteiger partial charge in [0.1, 0.15) is 11.0 Å². The summed E-state index contributed by atoms with van der Waals surface area (Å²) in [6, 6.07) is 30.8. The van der Waals surface area contributed by atoms with Crippen LogP contribution in [-0.4, -0.2) is 23.7 Å². The highest BCUT2D eigenvalue weighted by Gasteiger charge is 2.15. The van der Waals surface area contributed by atoms with E-state index in [1.54, 1.807) is 6.20 Å². The zero-order valence-corrected chi connectivity index (χ0v) is 19.3. The van der Waals surface area contributed by atoms with Gasteiger partial charge in [0.15, 0.2) is 0 Å². The van der Waals surface area contributed by atoms with Crippen molar-refractivity contribution in [2.24, 2.45) is 0 Å². The zero-order chi connectivity index (χ0) is 23.2. The largest absolute Gasteiger partial charge is 0.255 e. The monoisotopic (exact) mass is 467 g/mol. The number of aromatic nitrogens is 5. The quantitative estimate of drug-likeness (QED) is 0.257. The van der Waals surface area contributed by atoms with Gasteiger partial charge < -0.3 is 0 Å². The van der Waals surface area contributed by atoms with E-state index >= 15 is 0 Å². The maximum atomic E-state index is 5.05. The highest BCUT2D eigenvalue weighted by molar-refractivity contribution is 7.00. The number of benzene rings is 3. The molecule has 164 valence electrons. The Morgan fingerprint density at radius 1 is 0.543 bits per heavy atom. The van der Waals surface area contributed by atoms with E-state index in [0.717, 1.165) is 66.5 Å². The van der Waals surface area contributed by atoms with E-state index in [0.29, 0.717) is 0 Å². The van der Waals surface area contributed by atoms with Crippen molar-refractivity contribution in [1.29, 1.82) is 0 Å². The summed E-state index contributed by atoms with van der Waals surface area (Å²) in [7, 11) is 0. The predicted molar refractivity (Wildman–Crippen MR) is 142 cm³/mol. The Hall–Kier alpha value is -4.55. The molecule has 0 N–H and O–H groups in total. The zero-order valence-electron chi connectivity index (χ0n) is 18.5. The molecule has 0 aliphatic rings. The Morgan fingerprint density at radius 3 is 2.17 bits per heavy atom. The third-order valence-electron chi connectivity index (χ3n) is 6.27. The summed E-state index contributed by atoms with van der Waals surface area (Å²) < 4.78 is 9.05. The van der Waals surface area contributed by atoms with Crippen molar-refractivity contribution in [3.8, 4) is 33.8 Å². The predicted octanol–water partition coefficient (Wildman–Crippen LogP) is 7.18. The summed E-state index contributed by atoms with van der Waals surface area (Å²) in [5.74, 6) is 0. The van der Waals surface area contributed by atoms with Gasteiger partial charge in [0.05, 0.1) is 34.3 Å². The minimum Gasteiger partial charge on any atom is -0.255 e. The first-order valence-corrected chi connectivity index (χ1v) is 12.0. The first-order valence-electron chi connectivity index (χ1n) is 11.3. The molecule has 0 aliphatic carbocycles. The molecule has 6 heteroatoms. The van der Waals surface area contributed by atoms with Gasteiger partial charge in [-0.1, -0.05) is 54.6 Å². The Kier molecular flexibility index (Phi) is 4.57. The van der Waals surface area contributed by atoms with E-state index in [1.165, 1.54) is 11.7 Å². The van der Waals surface area contributed by atoms with Crippen LogP contribution < -0.4 is 0 Å². The highest BCUT2D eigenvalue weighted by atomic mass is 32.1. The fraction of sp³-hybridized carbons (Fsp3) is 0. The second-order valence-electron chi connectivity index (χ2n) is 8.32. The molecule has 0 saturated heterocycles. The van der Waals surface area contributed by atoms with Gasteiger partial charge >= 0.3 is 0 Å².